The molecular weight excluding hydrogens is 192 g/mol. The largest absolute Gasteiger partial charge is 0.369 e. The number of carbonyl (C=O) groups excluding carboxylic acids is 1. The maximum absolute atomic E-state index is 10.6. The lowest BCUT2D eigenvalue weighted by atomic mass is 10.1. The molecule has 3 N–H and O–H groups in total. The summed E-state index contributed by atoms with van der Waals surface area (Å²) in [6.07, 6.45) is 1.96. The summed E-state index contributed by atoms with van der Waals surface area (Å²) in [7, 11) is 1.89. The summed E-state index contributed by atoms with van der Waals surface area (Å²) < 4.78 is 1.79. The van der Waals surface area contributed by atoms with Crippen molar-refractivity contribution in [2.24, 2.45) is 12.8 Å². The molecule has 0 unspecified atom stereocenters. The van der Waals surface area contributed by atoms with Crippen LogP contribution in [0.3, 0.4) is 0 Å². The second kappa shape index (κ2) is 4.93. The summed E-state index contributed by atoms with van der Waals surface area (Å²) in [6, 6.07) is 0. The van der Waals surface area contributed by atoms with E-state index in [-0.39, 0.29) is 12.5 Å². The van der Waals surface area contributed by atoms with Gasteiger partial charge in [0.05, 0.1) is 12.2 Å². The standard InChI is InChI=1S/C10H18N4O/c1-7(2)10-8(6-14(3)13-10)4-12-5-9(11)15/h6-7,12H,4-5H2,1-3H3,(H2,11,15). The third-order valence-electron chi connectivity index (χ3n) is 2.10. The van der Waals surface area contributed by atoms with Gasteiger partial charge in [-0.15, -0.1) is 0 Å². The molecule has 0 aromatic carbocycles. The first-order valence-corrected chi connectivity index (χ1v) is 5.02. The highest BCUT2D eigenvalue weighted by Gasteiger charge is 2.10. The Labute approximate surface area is 89.6 Å². The van der Waals surface area contributed by atoms with E-state index < -0.39 is 0 Å². The fourth-order valence-corrected chi connectivity index (χ4v) is 1.50. The molecule has 0 aliphatic heterocycles. The molecule has 0 fully saturated rings. The van der Waals surface area contributed by atoms with Crippen LogP contribution in [0.4, 0.5) is 0 Å². The van der Waals surface area contributed by atoms with Crippen molar-refractivity contribution in [1.29, 1.82) is 0 Å². The molecule has 1 rings (SSSR count). The summed E-state index contributed by atoms with van der Waals surface area (Å²) in [4.78, 5) is 10.6. The average molecular weight is 210 g/mol. The SMILES string of the molecule is CC(C)c1nn(C)cc1CNCC(N)=O. The van der Waals surface area contributed by atoms with Crippen LogP contribution in [-0.4, -0.2) is 22.2 Å². The van der Waals surface area contributed by atoms with Gasteiger partial charge in [0.2, 0.25) is 5.91 Å². The van der Waals surface area contributed by atoms with Gasteiger partial charge in [0.1, 0.15) is 0 Å². The van der Waals surface area contributed by atoms with Crippen LogP contribution >= 0.6 is 0 Å². The van der Waals surface area contributed by atoms with E-state index in [0.717, 1.165) is 11.3 Å². The Hall–Kier alpha value is -1.36. The summed E-state index contributed by atoms with van der Waals surface area (Å²) in [5.41, 5.74) is 7.22. The minimum Gasteiger partial charge on any atom is -0.369 e. The molecule has 0 spiro atoms. The molecule has 15 heavy (non-hydrogen) atoms. The van der Waals surface area contributed by atoms with Gasteiger partial charge in [-0.05, 0) is 5.92 Å². The van der Waals surface area contributed by atoms with Gasteiger partial charge in [0.25, 0.3) is 0 Å². The van der Waals surface area contributed by atoms with Crippen molar-refractivity contribution in [3.8, 4) is 0 Å². The lowest BCUT2D eigenvalue weighted by Crippen LogP contribution is -2.28. The predicted octanol–water partition coefficient (Wildman–Crippen LogP) is 0.118. The van der Waals surface area contributed by atoms with Gasteiger partial charge in [-0.2, -0.15) is 5.10 Å². The zero-order chi connectivity index (χ0) is 11.4. The van der Waals surface area contributed by atoms with E-state index in [9.17, 15) is 4.79 Å². The number of nitrogens with two attached hydrogens (primary N) is 1. The van der Waals surface area contributed by atoms with Crippen molar-refractivity contribution in [3.63, 3.8) is 0 Å². The van der Waals surface area contributed by atoms with Gasteiger partial charge >= 0.3 is 0 Å². The molecular formula is C10H18N4O. The highest BCUT2D eigenvalue weighted by atomic mass is 16.1. The zero-order valence-corrected chi connectivity index (χ0v) is 9.45. The average Bonchev–Trinajstić information content (AvgIpc) is 2.46. The minimum atomic E-state index is -0.343. The van der Waals surface area contributed by atoms with Gasteiger partial charge in [-0.3, -0.25) is 9.48 Å². The molecule has 1 aromatic rings. The van der Waals surface area contributed by atoms with E-state index in [0.29, 0.717) is 12.5 Å². The van der Waals surface area contributed by atoms with Crippen LogP contribution in [-0.2, 0) is 18.4 Å². The number of nitrogens with zero attached hydrogens (tertiary/aromatic N) is 2. The monoisotopic (exact) mass is 210 g/mol. The first kappa shape index (κ1) is 11.7. The van der Waals surface area contributed by atoms with Crippen molar-refractivity contribution < 1.29 is 4.79 Å². The summed E-state index contributed by atoms with van der Waals surface area (Å²) in [5.74, 6) is 0.0431. The number of amides is 1. The van der Waals surface area contributed by atoms with Gasteiger partial charge in [-0.1, -0.05) is 13.8 Å². The molecule has 84 valence electrons. The molecule has 1 amide bonds. The first-order chi connectivity index (χ1) is 7.00. The number of nitrogens with one attached hydrogen (secondary N) is 1. The molecule has 0 aliphatic carbocycles. The Morgan fingerprint density at radius 2 is 2.33 bits per heavy atom. The van der Waals surface area contributed by atoms with Crippen LogP contribution in [0.2, 0.25) is 0 Å². The number of aromatic nitrogens is 2. The van der Waals surface area contributed by atoms with Crippen LogP contribution in [0.1, 0.15) is 31.0 Å². The number of primary amides is 1. The van der Waals surface area contributed by atoms with Crippen molar-refractivity contribution in [2.75, 3.05) is 6.54 Å². The smallest absolute Gasteiger partial charge is 0.231 e. The molecule has 0 aliphatic rings. The van der Waals surface area contributed by atoms with E-state index >= 15 is 0 Å². The predicted molar refractivity (Wildman–Crippen MR) is 58.2 cm³/mol. The molecule has 0 bridgehead atoms. The molecule has 5 heteroatoms. The van der Waals surface area contributed by atoms with Crippen molar-refractivity contribution in [3.05, 3.63) is 17.5 Å². The van der Waals surface area contributed by atoms with E-state index in [2.05, 4.69) is 24.3 Å². The van der Waals surface area contributed by atoms with E-state index in [1.807, 2.05) is 13.2 Å². The highest BCUT2D eigenvalue weighted by molar-refractivity contribution is 5.75. The quantitative estimate of drug-likeness (QED) is 0.725. The third-order valence-corrected chi connectivity index (χ3v) is 2.10. The van der Waals surface area contributed by atoms with E-state index in [1.54, 1.807) is 4.68 Å². The van der Waals surface area contributed by atoms with Crippen molar-refractivity contribution >= 4 is 5.91 Å². The normalized spacial score (nSPS) is 10.9. The second-order valence-electron chi connectivity index (χ2n) is 3.94. The van der Waals surface area contributed by atoms with Crippen molar-refractivity contribution in [2.45, 2.75) is 26.3 Å². The number of aryl methyl sites for hydroxylation is 1. The molecule has 1 aromatic heterocycles. The van der Waals surface area contributed by atoms with Gasteiger partial charge in [0, 0.05) is 25.4 Å². The van der Waals surface area contributed by atoms with Crippen LogP contribution in [0.25, 0.3) is 0 Å². The van der Waals surface area contributed by atoms with Crippen LogP contribution < -0.4 is 11.1 Å². The lowest BCUT2D eigenvalue weighted by molar-refractivity contribution is -0.117. The molecule has 0 saturated heterocycles. The van der Waals surface area contributed by atoms with Crippen LogP contribution in [0.5, 0.6) is 0 Å². The Kier molecular flexibility index (Phi) is 3.85. The Bertz CT molecular complexity index is 343. The lowest BCUT2D eigenvalue weighted by Gasteiger charge is -2.05. The fourth-order valence-electron chi connectivity index (χ4n) is 1.50. The fraction of sp³-hybridized carbons (Fsp3) is 0.600. The Morgan fingerprint density at radius 3 is 2.87 bits per heavy atom. The van der Waals surface area contributed by atoms with Gasteiger partial charge in [-0.25, -0.2) is 0 Å². The Morgan fingerprint density at radius 1 is 1.67 bits per heavy atom. The first-order valence-electron chi connectivity index (χ1n) is 5.02. The maximum atomic E-state index is 10.6. The number of hydrogen-bond donors (Lipinski definition) is 2. The summed E-state index contributed by atoms with van der Waals surface area (Å²) in [6.45, 7) is 5.02. The molecule has 1 heterocycles. The van der Waals surface area contributed by atoms with Crippen LogP contribution in [0.15, 0.2) is 6.20 Å². The molecule has 5 nitrogen and oxygen atoms in total. The number of rotatable bonds is 5. The topological polar surface area (TPSA) is 72.9 Å². The molecule has 0 atom stereocenters. The zero-order valence-electron chi connectivity index (χ0n) is 9.45. The number of hydrogen-bond acceptors (Lipinski definition) is 3. The van der Waals surface area contributed by atoms with E-state index in [1.165, 1.54) is 0 Å². The Balaban J connectivity index is 2.63. The summed E-state index contributed by atoms with van der Waals surface area (Å²) >= 11 is 0. The van der Waals surface area contributed by atoms with Crippen molar-refractivity contribution in [1.82, 2.24) is 15.1 Å². The molecule has 0 saturated carbocycles. The van der Waals surface area contributed by atoms with Gasteiger partial charge < -0.3 is 11.1 Å². The highest BCUT2D eigenvalue weighted by Crippen LogP contribution is 2.16. The van der Waals surface area contributed by atoms with Gasteiger partial charge in [0.15, 0.2) is 0 Å². The third kappa shape index (κ3) is 3.36. The molecule has 0 radical (unpaired) electrons. The second-order valence-corrected chi connectivity index (χ2v) is 3.94. The minimum absolute atomic E-state index is 0.201. The summed E-state index contributed by atoms with van der Waals surface area (Å²) in [5, 5.41) is 7.35. The number of carbonyl (C=O) groups is 1. The van der Waals surface area contributed by atoms with Crippen LogP contribution in [0, 0.1) is 0 Å². The maximum Gasteiger partial charge on any atom is 0.231 e. The van der Waals surface area contributed by atoms with E-state index in [4.69, 9.17) is 5.73 Å².